The molecule has 6 nitrogen and oxygen atoms in total. The first-order valence-electron chi connectivity index (χ1n) is 9.95. The predicted octanol–water partition coefficient (Wildman–Crippen LogP) is 3.18. The summed E-state index contributed by atoms with van der Waals surface area (Å²) in [6.07, 6.45) is 0.338. The molecule has 2 aliphatic heterocycles. The topological polar surface area (TPSA) is 62.5 Å². The minimum atomic E-state index is -4.38. The van der Waals surface area contributed by atoms with Gasteiger partial charge >= 0.3 is 6.18 Å². The Morgan fingerprint density at radius 3 is 2.45 bits per heavy atom. The largest absolute Gasteiger partial charge is 0.417 e. The van der Waals surface area contributed by atoms with Crippen LogP contribution in [0.2, 0.25) is 0 Å². The lowest BCUT2D eigenvalue weighted by atomic mass is 9.96. The number of halogens is 3. The van der Waals surface area contributed by atoms with Gasteiger partial charge in [0, 0.05) is 49.8 Å². The van der Waals surface area contributed by atoms with E-state index in [2.05, 4.69) is 10.1 Å². The van der Waals surface area contributed by atoms with Crippen LogP contribution >= 0.6 is 0 Å². The number of carbonyl (C=O) groups excluding carboxylic acids is 1. The van der Waals surface area contributed by atoms with E-state index in [1.807, 2.05) is 9.80 Å². The number of hydrogen-bond acceptors (Lipinski definition) is 5. The van der Waals surface area contributed by atoms with Gasteiger partial charge in [-0.1, -0.05) is 5.16 Å². The molecule has 2 aromatic rings. The summed E-state index contributed by atoms with van der Waals surface area (Å²) in [5, 5.41) is 4.08. The maximum atomic E-state index is 13.0. The van der Waals surface area contributed by atoms with Gasteiger partial charge in [-0.2, -0.15) is 13.2 Å². The van der Waals surface area contributed by atoms with Crippen molar-refractivity contribution in [2.75, 3.05) is 31.1 Å². The summed E-state index contributed by atoms with van der Waals surface area (Å²) in [6, 6.07) is 2.49. The molecule has 0 bridgehead atoms. The van der Waals surface area contributed by atoms with Crippen molar-refractivity contribution < 1.29 is 22.5 Å². The number of anilines is 1. The molecule has 2 atom stereocenters. The zero-order chi connectivity index (χ0) is 20.2. The van der Waals surface area contributed by atoms with Gasteiger partial charge in [0.1, 0.15) is 5.82 Å². The SMILES string of the molecule is O=C(c1onc2c1CCCC2)N1CC2CN(c3ccc(C(F)(F)F)cn3)CC2C1. The van der Waals surface area contributed by atoms with Crippen molar-refractivity contribution in [2.24, 2.45) is 11.8 Å². The van der Waals surface area contributed by atoms with Crippen LogP contribution in [0.4, 0.5) is 19.0 Å². The molecule has 0 spiro atoms. The third-order valence-corrected chi connectivity index (χ3v) is 6.33. The summed E-state index contributed by atoms with van der Waals surface area (Å²) in [5.74, 6) is 1.41. The number of fused-ring (bicyclic) bond motifs is 2. The number of aryl methyl sites for hydroxylation is 1. The Bertz CT molecular complexity index is 911. The fourth-order valence-corrected chi connectivity index (χ4v) is 4.79. The number of pyridine rings is 1. The molecule has 2 unspecified atom stereocenters. The van der Waals surface area contributed by atoms with E-state index in [1.165, 1.54) is 6.07 Å². The molecule has 0 aromatic carbocycles. The molecule has 1 aliphatic carbocycles. The van der Waals surface area contributed by atoms with Crippen molar-refractivity contribution in [3.8, 4) is 0 Å². The van der Waals surface area contributed by atoms with Gasteiger partial charge in [-0.25, -0.2) is 4.98 Å². The Balaban J connectivity index is 1.24. The lowest BCUT2D eigenvalue weighted by Crippen LogP contribution is -2.33. The molecule has 0 saturated carbocycles. The summed E-state index contributed by atoms with van der Waals surface area (Å²) < 4.78 is 43.6. The minimum absolute atomic E-state index is 0.0887. The maximum absolute atomic E-state index is 13.0. The van der Waals surface area contributed by atoms with Crippen molar-refractivity contribution >= 4 is 11.7 Å². The lowest BCUT2D eigenvalue weighted by molar-refractivity contribution is -0.137. The second-order valence-corrected chi connectivity index (χ2v) is 8.18. The monoisotopic (exact) mass is 406 g/mol. The van der Waals surface area contributed by atoms with Crippen molar-refractivity contribution in [1.29, 1.82) is 0 Å². The number of alkyl halides is 3. The van der Waals surface area contributed by atoms with Crippen molar-refractivity contribution in [3.63, 3.8) is 0 Å². The first kappa shape index (κ1) is 18.4. The molecule has 1 amide bonds. The van der Waals surface area contributed by atoms with Crippen LogP contribution in [-0.4, -0.2) is 47.1 Å². The van der Waals surface area contributed by atoms with Gasteiger partial charge in [-0.3, -0.25) is 4.79 Å². The molecule has 3 aliphatic rings. The molecule has 0 N–H and O–H groups in total. The second-order valence-electron chi connectivity index (χ2n) is 8.18. The normalized spacial score (nSPS) is 24.0. The predicted molar refractivity (Wildman–Crippen MR) is 97.5 cm³/mol. The number of amides is 1. The van der Waals surface area contributed by atoms with Crippen LogP contribution in [-0.2, 0) is 19.0 Å². The van der Waals surface area contributed by atoms with E-state index in [-0.39, 0.29) is 17.7 Å². The van der Waals surface area contributed by atoms with Gasteiger partial charge in [0.2, 0.25) is 5.76 Å². The standard InChI is InChI=1S/C20H21F3N4O2/c21-20(22,23)14-5-6-17(24-7-14)26-8-12-10-27(11-13(12)9-26)19(28)18-15-3-1-2-4-16(15)25-29-18/h5-7,12-13H,1-4,8-11H2. The summed E-state index contributed by atoms with van der Waals surface area (Å²) in [4.78, 5) is 20.8. The summed E-state index contributed by atoms with van der Waals surface area (Å²) in [6.45, 7) is 2.61. The molecule has 4 heterocycles. The zero-order valence-electron chi connectivity index (χ0n) is 15.8. The molecule has 5 rings (SSSR count). The average molecular weight is 406 g/mol. The smallest absolute Gasteiger partial charge is 0.356 e. The Hall–Kier alpha value is -2.58. The fraction of sp³-hybridized carbons (Fsp3) is 0.550. The Morgan fingerprint density at radius 1 is 1.07 bits per heavy atom. The van der Waals surface area contributed by atoms with Crippen molar-refractivity contribution in [2.45, 2.75) is 31.9 Å². The van der Waals surface area contributed by atoms with E-state index in [4.69, 9.17) is 4.52 Å². The quantitative estimate of drug-likeness (QED) is 0.767. The number of rotatable bonds is 2. The molecule has 29 heavy (non-hydrogen) atoms. The minimum Gasteiger partial charge on any atom is -0.356 e. The molecular weight excluding hydrogens is 385 g/mol. The van der Waals surface area contributed by atoms with Gasteiger partial charge < -0.3 is 14.3 Å². The van der Waals surface area contributed by atoms with E-state index in [0.29, 0.717) is 37.8 Å². The number of nitrogens with zero attached hydrogens (tertiary/aromatic N) is 4. The Morgan fingerprint density at radius 2 is 1.79 bits per heavy atom. The van der Waals surface area contributed by atoms with Crippen LogP contribution in [0.25, 0.3) is 0 Å². The number of likely N-dealkylation sites (tertiary alicyclic amines) is 1. The molecule has 0 radical (unpaired) electrons. The highest BCUT2D eigenvalue weighted by atomic mass is 19.4. The average Bonchev–Trinajstić information content (AvgIpc) is 3.39. The van der Waals surface area contributed by atoms with Crippen molar-refractivity contribution in [3.05, 3.63) is 40.9 Å². The number of aromatic nitrogens is 2. The van der Waals surface area contributed by atoms with Crippen LogP contribution in [0.3, 0.4) is 0 Å². The highest BCUT2D eigenvalue weighted by molar-refractivity contribution is 5.93. The fourth-order valence-electron chi connectivity index (χ4n) is 4.79. The van der Waals surface area contributed by atoms with E-state index in [9.17, 15) is 18.0 Å². The van der Waals surface area contributed by atoms with Crippen LogP contribution in [0.1, 0.15) is 40.2 Å². The number of hydrogen-bond donors (Lipinski definition) is 0. The summed E-state index contributed by atoms with van der Waals surface area (Å²) in [5.41, 5.74) is 1.14. The zero-order valence-corrected chi connectivity index (χ0v) is 15.8. The second kappa shape index (κ2) is 6.74. The highest BCUT2D eigenvalue weighted by Crippen LogP contribution is 2.36. The molecule has 2 saturated heterocycles. The van der Waals surface area contributed by atoms with Crippen LogP contribution in [0, 0.1) is 11.8 Å². The van der Waals surface area contributed by atoms with Crippen LogP contribution in [0.5, 0.6) is 0 Å². The van der Waals surface area contributed by atoms with E-state index in [0.717, 1.165) is 49.2 Å². The van der Waals surface area contributed by atoms with E-state index in [1.54, 1.807) is 0 Å². The number of carbonyl (C=O) groups is 1. The van der Waals surface area contributed by atoms with Gasteiger partial charge in [-0.15, -0.1) is 0 Å². The van der Waals surface area contributed by atoms with Gasteiger partial charge in [-0.05, 0) is 37.8 Å². The van der Waals surface area contributed by atoms with Crippen LogP contribution < -0.4 is 4.90 Å². The third-order valence-electron chi connectivity index (χ3n) is 6.33. The molecule has 9 heteroatoms. The van der Waals surface area contributed by atoms with E-state index >= 15 is 0 Å². The first-order valence-corrected chi connectivity index (χ1v) is 9.95. The summed E-state index contributed by atoms with van der Waals surface area (Å²) >= 11 is 0. The Kier molecular flexibility index (Phi) is 4.29. The van der Waals surface area contributed by atoms with Gasteiger partial charge in [0.15, 0.2) is 0 Å². The lowest BCUT2D eigenvalue weighted by Gasteiger charge is -2.22. The van der Waals surface area contributed by atoms with Crippen LogP contribution in [0.15, 0.2) is 22.9 Å². The maximum Gasteiger partial charge on any atom is 0.417 e. The van der Waals surface area contributed by atoms with E-state index < -0.39 is 11.7 Å². The Labute approximate surface area is 165 Å². The van der Waals surface area contributed by atoms with Gasteiger partial charge in [0.05, 0.1) is 11.3 Å². The molecular formula is C20H21F3N4O2. The highest BCUT2D eigenvalue weighted by Gasteiger charge is 2.43. The molecule has 154 valence electrons. The molecule has 2 fully saturated rings. The first-order chi connectivity index (χ1) is 13.9. The third kappa shape index (κ3) is 3.26. The summed E-state index contributed by atoms with van der Waals surface area (Å²) in [7, 11) is 0. The molecule has 2 aromatic heterocycles. The van der Waals surface area contributed by atoms with Gasteiger partial charge in [0.25, 0.3) is 5.91 Å². The van der Waals surface area contributed by atoms with Crippen molar-refractivity contribution in [1.82, 2.24) is 15.0 Å².